The molecule has 6 nitrogen and oxygen atoms in total. The first-order valence-electron chi connectivity index (χ1n) is 5.89. The van der Waals surface area contributed by atoms with Gasteiger partial charge in [0, 0.05) is 5.38 Å². The van der Waals surface area contributed by atoms with Gasteiger partial charge in [0.25, 0.3) is 5.89 Å². The molecule has 0 aliphatic heterocycles. The van der Waals surface area contributed by atoms with Gasteiger partial charge in [0.05, 0.1) is 12.1 Å². The van der Waals surface area contributed by atoms with E-state index in [1.807, 2.05) is 23.8 Å². The highest BCUT2D eigenvalue weighted by Crippen LogP contribution is 2.20. The van der Waals surface area contributed by atoms with Crippen LogP contribution in [-0.2, 0) is 11.3 Å². The molecule has 2 aromatic heterocycles. The van der Waals surface area contributed by atoms with Gasteiger partial charge in [-0.15, -0.1) is 0 Å². The number of hydrogen-bond acceptors (Lipinski definition) is 6. The summed E-state index contributed by atoms with van der Waals surface area (Å²) in [4.78, 5) is 15.4. The number of carbonyl (C=O) groups is 1. The predicted octanol–water partition coefficient (Wildman–Crippen LogP) is 2.14. The van der Waals surface area contributed by atoms with E-state index in [1.54, 1.807) is 18.3 Å². The van der Waals surface area contributed by atoms with Crippen molar-refractivity contribution in [2.24, 2.45) is 0 Å². The van der Waals surface area contributed by atoms with Crippen LogP contribution in [0.5, 0.6) is 0 Å². The summed E-state index contributed by atoms with van der Waals surface area (Å²) in [5, 5.41) is 19.8. The number of nitrogens with zero attached hydrogens (tertiary/aromatic N) is 2. The Kier molecular flexibility index (Phi) is 3.96. The second kappa shape index (κ2) is 5.50. The van der Waals surface area contributed by atoms with E-state index < -0.39 is 11.5 Å². The number of hydrogen-bond donors (Lipinski definition) is 2. The summed E-state index contributed by atoms with van der Waals surface area (Å²) in [6.45, 7) is 3.70. The van der Waals surface area contributed by atoms with Crippen LogP contribution < -0.4 is 5.32 Å². The highest BCUT2D eigenvalue weighted by molar-refractivity contribution is 7.08. The fourth-order valence-corrected chi connectivity index (χ4v) is 2.08. The second-order valence-electron chi connectivity index (χ2n) is 4.37. The molecule has 0 radical (unpaired) electrons. The van der Waals surface area contributed by atoms with Crippen LogP contribution in [0.25, 0.3) is 11.5 Å². The van der Waals surface area contributed by atoms with Crippen molar-refractivity contribution in [2.75, 3.05) is 0 Å². The van der Waals surface area contributed by atoms with E-state index in [9.17, 15) is 4.79 Å². The third-order valence-electron chi connectivity index (χ3n) is 3.05. The smallest absolute Gasteiger partial charge is 0.323 e. The van der Waals surface area contributed by atoms with Gasteiger partial charge >= 0.3 is 5.97 Å². The molecule has 0 fully saturated rings. The summed E-state index contributed by atoms with van der Waals surface area (Å²) in [6.07, 6.45) is 0.470. The van der Waals surface area contributed by atoms with Crippen LogP contribution >= 0.6 is 11.3 Å². The van der Waals surface area contributed by atoms with Gasteiger partial charge in [0.15, 0.2) is 5.82 Å². The molecular formula is C12H15N3O3S. The molecule has 0 aliphatic rings. The molecule has 2 rings (SSSR count). The zero-order valence-electron chi connectivity index (χ0n) is 10.7. The molecule has 2 heterocycles. The maximum Gasteiger partial charge on any atom is 0.323 e. The zero-order valence-corrected chi connectivity index (χ0v) is 11.5. The monoisotopic (exact) mass is 281 g/mol. The maximum atomic E-state index is 11.1. The van der Waals surface area contributed by atoms with E-state index in [2.05, 4.69) is 15.5 Å². The average Bonchev–Trinajstić information content (AvgIpc) is 3.05. The number of carboxylic acid groups (broad SMARTS) is 1. The van der Waals surface area contributed by atoms with Crippen LogP contribution in [0, 0.1) is 0 Å². The lowest BCUT2D eigenvalue weighted by atomic mass is 9.99. The summed E-state index contributed by atoms with van der Waals surface area (Å²) >= 11 is 1.55. The molecule has 1 unspecified atom stereocenters. The van der Waals surface area contributed by atoms with Gasteiger partial charge < -0.3 is 9.63 Å². The molecule has 0 saturated carbocycles. The van der Waals surface area contributed by atoms with Gasteiger partial charge in [-0.1, -0.05) is 12.1 Å². The quantitative estimate of drug-likeness (QED) is 0.843. The average molecular weight is 281 g/mol. The van der Waals surface area contributed by atoms with Gasteiger partial charge in [0.1, 0.15) is 5.54 Å². The summed E-state index contributed by atoms with van der Waals surface area (Å²) in [7, 11) is 0. The number of carboxylic acids is 1. The molecule has 0 bridgehead atoms. The van der Waals surface area contributed by atoms with Gasteiger partial charge in [0.2, 0.25) is 0 Å². The Bertz CT molecular complexity index is 552. The third kappa shape index (κ3) is 2.99. The van der Waals surface area contributed by atoms with Crippen molar-refractivity contribution < 1.29 is 14.4 Å². The van der Waals surface area contributed by atoms with Crippen molar-refractivity contribution in [3.63, 3.8) is 0 Å². The first-order valence-corrected chi connectivity index (χ1v) is 6.83. The topological polar surface area (TPSA) is 88.3 Å². The van der Waals surface area contributed by atoms with Crippen LogP contribution in [0.15, 0.2) is 21.3 Å². The van der Waals surface area contributed by atoms with Gasteiger partial charge in [-0.25, -0.2) is 0 Å². The Morgan fingerprint density at radius 3 is 3.00 bits per heavy atom. The first kappa shape index (κ1) is 13.7. The molecule has 1 atom stereocenters. The maximum absolute atomic E-state index is 11.1. The van der Waals surface area contributed by atoms with Crippen LogP contribution in [0.4, 0.5) is 0 Å². The van der Waals surface area contributed by atoms with Crippen molar-refractivity contribution in [3.05, 3.63) is 22.7 Å². The van der Waals surface area contributed by atoms with E-state index in [4.69, 9.17) is 9.63 Å². The van der Waals surface area contributed by atoms with Gasteiger partial charge in [-0.3, -0.25) is 10.1 Å². The van der Waals surface area contributed by atoms with Crippen LogP contribution in [0.2, 0.25) is 0 Å². The molecule has 0 aromatic carbocycles. The van der Waals surface area contributed by atoms with E-state index in [-0.39, 0.29) is 6.54 Å². The number of thiophene rings is 1. The lowest BCUT2D eigenvalue weighted by Gasteiger charge is -2.23. The molecule has 2 N–H and O–H groups in total. The van der Waals surface area contributed by atoms with Gasteiger partial charge in [-0.2, -0.15) is 16.3 Å². The lowest BCUT2D eigenvalue weighted by molar-refractivity contribution is -0.144. The van der Waals surface area contributed by atoms with Crippen molar-refractivity contribution in [3.8, 4) is 11.5 Å². The lowest BCUT2D eigenvalue weighted by Crippen LogP contribution is -2.48. The molecule has 102 valence electrons. The highest BCUT2D eigenvalue weighted by Gasteiger charge is 2.30. The Morgan fingerprint density at radius 1 is 1.63 bits per heavy atom. The fraction of sp³-hybridized carbons (Fsp3) is 0.417. The molecule has 0 amide bonds. The molecule has 7 heteroatoms. The van der Waals surface area contributed by atoms with Crippen LogP contribution in [0.1, 0.15) is 26.1 Å². The molecule has 0 spiro atoms. The standard InChI is InChI=1S/C12H15N3O3S/c1-3-12(2,11(16)17)13-6-9-14-10(18-15-9)8-4-5-19-7-8/h4-5,7,13H,3,6H2,1-2H3,(H,16,17). The third-order valence-corrected chi connectivity index (χ3v) is 3.74. The van der Waals surface area contributed by atoms with E-state index in [0.29, 0.717) is 18.1 Å². The largest absolute Gasteiger partial charge is 0.480 e. The minimum absolute atomic E-state index is 0.254. The molecule has 0 aliphatic carbocycles. The van der Waals surface area contributed by atoms with Crippen LogP contribution in [0.3, 0.4) is 0 Å². The number of nitrogens with one attached hydrogen (secondary N) is 1. The van der Waals surface area contributed by atoms with Crippen molar-refractivity contribution in [2.45, 2.75) is 32.4 Å². The predicted molar refractivity (Wildman–Crippen MR) is 70.8 cm³/mol. The van der Waals surface area contributed by atoms with E-state index >= 15 is 0 Å². The molecular weight excluding hydrogens is 266 g/mol. The number of aromatic nitrogens is 2. The van der Waals surface area contributed by atoms with Crippen molar-refractivity contribution in [1.82, 2.24) is 15.5 Å². The highest BCUT2D eigenvalue weighted by atomic mass is 32.1. The first-order chi connectivity index (χ1) is 9.05. The Labute approximate surface area is 114 Å². The zero-order chi connectivity index (χ0) is 13.9. The number of aliphatic carboxylic acids is 1. The Hall–Kier alpha value is -1.73. The van der Waals surface area contributed by atoms with Crippen molar-refractivity contribution >= 4 is 17.3 Å². The second-order valence-corrected chi connectivity index (χ2v) is 5.15. The minimum Gasteiger partial charge on any atom is -0.480 e. The van der Waals surface area contributed by atoms with Crippen molar-refractivity contribution in [1.29, 1.82) is 0 Å². The Morgan fingerprint density at radius 2 is 2.42 bits per heavy atom. The molecule has 19 heavy (non-hydrogen) atoms. The van der Waals surface area contributed by atoms with E-state index in [1.165, 1.54) is 0 Å². The van der Waals surface area contributed by atoms with Crippen LogP contribution in [-0.4, -0.2) is 26.8 Å². The molecule has 0 saturated heterocycles. The summed E-state index contributed by atoms with van der Waals surface area (Å²) < 4.78 is 5.13. The summed E-state index contributed by atoms with van der Waals surface area (Å²) in [6, 6.07) is 1.89. The SMILES string of the molecule is CCC(C)(NCc1noc(-c2ccsc2)n1)C(=O)O. The summed E-state index contributed by atoms with van der Waals surface area (Å²) in [5.74, 6) is 0.00487. The number of rotatable bonds is 6. The Balaban J connectivity index is 2.03. The molecule has 2 aromatic rings. The fourth-order valence-electron chi connectivity index (χ4n) is 1.46. The van der Waals surface area contributed by atoms with E-state index in [0.717, 1.165) is 5.56 Å². The van der Waals surface area contributed by atoms with Gasteiger partial charge in [-0.05, 0) is 24.8 Å². The normalized spacial score (nSPS) is 14.2. The summed E-state index contributed by atoms with van der Waals surface area (Å²) in [5.41, 5.74) is -0.108. The minimum atomic E-state index is -0.983.